The second-order valence-corrected chi connectivity index (χ2v) is 3.99. The monoisotopic (exact) mass is 189 g/mol. The number of allylic oxidation sites excluding steroid dienone is 3. The van der Waals surface area contributed by atoms with E-state index >= 15 is 0 Å². The number of nitrogens with zero attached hydrogens (tertiary/aromatic N) is 1. The maximum atomic E-state index is 11.8. The lowest BCUT2D eigenvalue weighted by Crippen LogP contribution is -2.33. The van der Waals surface area contributed by atoms with Crippen molar-refractivity contribution in [3.8, 4) is 0 Å². The van der Waals surface area contributed by atoms with Crippen LogP contribution in [0.25, 0.3) is 0 Å². The normalized spacial score (nSPS) is 26.6. The van der Waals surface area contributed by atoms with Gasteiger partial charge in [-0.25, -0.2) is 0 Å². The van der Waals surface area contributed by atoms with Crippen LogP contribution in [0.15, 0.2) is 35.5 Å². The van der Waals surface area contributed by atoms with Gasteiger partial charge in [0.15, 0.2) is 0 Å². The van der Waals surface area contributed by atoms with Crippen LogP contribution in [0.2, 0.25) is 0 Å². The average Bonchev–Trinajstić information content (AvgIpc) is 2.35. The Bertz CT molecular complexity index is 349. The van der Waals surface area contributed by atoms with Crippen molar-refractivity contribution < 1.29 is 4.79 Å². The lowest BCUT2D eigenvalue weighted by molar-refractivity contribution is -0.126. The van der Waals surface area contributed by atoms with E-state index in [1.165, 1.54) is 5.57 Å². The summed E-state index contributed by atoms with van der Waals surface area (Å²) in [7, 11) is 1.86. The number of hydrogen-bond donors (Lipinski definition) is 0. The first-order valence-electron chi connectivity index (χ1n) is 5.03. The molecule has 0 saturated carbocycles. The molecule has 1 unspecified atom stereocenters. The highest BCUT2D eigenvalue weighted by Crippen LogP contribution is 2.24. The minimum Gasteiger partial charge on any atom is -0.341 e. The van der Waals surface area contributed by atoms with Crippen molar-refractivity contribution in [2.75, 3.05) is 13.6 Å². The summed E-state index contributed by atoms with van der Waals surface area (Å²) in [5.41, 5.74) is 2.06. The second-order valence-electron chi connectivity index (χ2n) is 3.99. The summed E-state index contributed by atoms with van der Waals surface area (Å²) in [5, 5.41) is 0. The van der Waals surface area contributed by atoms with Gasteiger partial charge in [-0.3, -0.25) is 4.79 Å². The maximum Gasteiger partial charge on any atom is 0.253 e. The van der Waals surface area contributed by atoms with Crippen LogP contribution < -0.4 is 0 Å². The van der Waals surface area contributed by atoms with E-state index in [2.05, 4.69) is 25.2 Å². The molecule has 0 radical (unpaired) electrons. The van der Waals surface area contributed by atoms with Crippen molar-refractivity contribution in [2.24, 2.45) is 5.92 Å². The number of hydrogen-bond acceptors (Lipinski definition) is 1. The molecule has 0 saturated heterocycles. The molecule has 0 aromatic carbocycles. The summed E-state index contributed by atoms with van der Waals surface area (Å²) in [6.07, 6.45) is 9.28. The molecule has 1 amide bonds. The van der Waals surface area contributed by atoms with Crippen molar-refractivity contribution in [3.05, 3.63) is 35.5 Å². The molecule has 0 fully saturated rings. The predicted octanol–water partition coefficient (Wildman–Crippen LogP) is 1.91. The van der Waals surface area contributed by atoms with Gasteiger partial charge in [-0.15, -0.1) is 0 Å². The van der Waals surface area contributed by atoms with E-state index in [4.69, 9.17) is 0 Å². The molecule has 0 aromatic rings. The largest absolute Gasteiger partial charge is 0.341 e. The Kier molecular flexibility index (Phi) is 2.28. The minimum atomic E-state index is 0.154. The number of likely N-dealkylation sites (N-methyl/N-ethyl adjacent to an activating group) is 1. The van der Waals surface area contributed by atoms with Crippen molar-refractivity contribution in [2.45, 2.75) is 13.3 Å². The van der Waals surface area contributed by atoms with E-state index in [1.54, 1.807) is 4.90 Å². The summed E-state index contributed by atoms with van der Waals surface area (Å²) in [5.74, 6) is 0.583. The van der Waals surface area contributed by atoms with Crippen LogP contribution in [0.3, 0.4) is 0 Å². The molecule has 2 heteroatoms. The first kappa shape index (κ1) is 9.25. The summed E-state index contributed by atoms with van der Waals surface area (Å²) in [4.78, 5) is 13.6. The van der Waals surface area contributed by atoms with Crippen molar-refractivity contribution >= 4 is 5.91 Å². The quantitative estimate of drug-likeness (QED) is 0.570. The minimum absolute atomic E-state index is 0.154. The molecule has 14 heavy (non-hydrogen) atoms. The van der Waals surface area contributed by atoms with Gasteiger partial charge in [0.25, 0.3) is 5.91 Å². The average molecular weight is 189 g/mol. The Morgan fingerprint density at radius 3 is 2.86 bits per heavy atom. The molecule has 0 bridgehead atoms. The highest BCUT2D eigenvalue weighted by atomic mass is 16.2. The zero-order valence-corrected chi connectivity index (χ0v) is 8.66. The Balaban J connectivity index is 2.40. The van der Waals surface area contributed by atoms with E-state index < -0.39 is 0 Å². The smallest absolute Gasteiger partial charge is 0.253 e. The number of carbonyl (C=O) groups is 1. The van der Waals surface area contributed by atoms with Gasteiger partial charge >= 0.3 is 0 Å². The highest BCUT2D eigenvalue weighted by Gasteiger charge is 2.22. The molecular weight excluding hydrogens is 174 g/mol. The van der Waals surface area contributed by atoms with Gasteiger partial charge in [0, 0.05) is 19.2 Å². The van der Waals surface area contributed by atoms with Gasteiger partial charge in [0.1, 0.15) is 0 Å². The van der Waals surface area contributed by atoms with Crippen LogP contribution in [-0.4, -0.2) is 24.4 Å². The van der Waals surface area contributed by atoms with Crippen LogP contribution in [0.5, 0.6) is 0 Å². The topological polar surface area (TPSA) is 20.3 Å². The number of carbonyl (C=O) groups excluding carboxylic acids is 1. The van der Waals surface area contributed by atoms with Crippen LogP contribution in [0.4, 0.5) is 0 Å². The highest BCUT2D eigenvalue weighted by molar-refractivity contribution is 5.98. The van der Waals surface area contributed by atoms with Gasteiger partial charge in [-0.05, 0) is 17.9 Å². The van der Waals surface area contributed by atoms with Crippen molar-refractivity contribution in [3.63, 3.8) is 0 Å². The Morgan fingerprint density at radius 2 is 2.07 bits per heavy atom. The van der Waals surface area contributed by atoms with Crippen LogP contribution >= 0.6 is 0 Å². The van der Waals surface area contributed by atoms with Gasteiger partial charge in [0.2, 0.25) is 0 Å². The Morgan fingerprint density at radius 1 is 1.36 bits per heavy atom. The fraction of sp³-hybridized carbons (Fsp3) is 0.417. The van der Waals surface area contributed by atoms with E-state index in [1.807, 2.05) is 13.1 Å². The van der Waals surface area contributed by atoms with Crippen LogP contribution in [0, 0.1) is 5.92 Å². The molecule has 2 aliphatic rings. The summed E-state index contributed by atoms with van der Waals surface area (Å²) in [6.45, 7) is 2.96. The third-order valence-electron chi connectivity index (χ3n) is 2.81. The summed E-state index contributed by atoms with van der Waals surface area (Å²) in [6, 6.07) is 0. The Hall–Kier alpha value is -1.31. The van der Waals surface area contributed by atoms with E-state index in [-0.39, 0.29) is 5.91 Å². The fourth-order valence-corrected chi connectivity index (χ4v) is 1.80. The molecule has 0 aromatic heterocycles. The molecular formula is C12H15NO. The van der Waals surface area contributed by atoms with Gasteiger partial charge < -0.3 is 4.90 Å². The van der Waals surface area contributed by atoms with E-state index in [9.17, 15) is 4.79 Å². The van der Waals surface area contributed by atoms with Crippen LogP contribution in [0.1, 0.15) is 13.3 Å². The molecule has 1 aliphatic carbocycles. The van der Waals surface area contributed by atoms with Crippen molar-refractivity contribution in [1.82, 2.24) is 4.90 Å². The standard InChI is InChI=1S/C12H15NO/c1-9-3-5-10-7-8-13(2)12(14)11(10)6-4-9/h3-6,9H,7-8H2,1-2H3. The van der Waals surface area contributed by atoms with Crippen molar-refractivity contribution in [1.29, 1.82) is 0 Å². The fourth-order valence-electron chi connectivity index (χ4n) is 1.80. The molecule has 1 heterocycles. The molecule has 1 aliphatic heterocycles. The summed E-state index contributed by atoms with van der Waals surface area (Å²) >= 11 is 0. The van der Waals surface area contributed by atoms with E-state index in [0.717, 1.165) is 18.5 Å². The Labute approximate surface area is 84.6 Å². The predicted molar refractivity (Wildman–Crippen MR) is 56.7 cm³/mol. The third kappa shape index (κ3) is 1.52. The molecule has 0 spiro atoms. The first-order valence-corrected chi connectivity index (χ1v) is 5.03. The molecule has 74 valence electrons. The van der Waals surface area contributed by atoms with Gasteiger partial charge in [0.05, 0.1) is 0 Å². The number of rotatable bonds is 0. The number of amides is 1. The third-order valence-corrected chi connectivity index (χ3v) is 2.81. The zero-order valence-electron chi connectivity index (χ0n) is 8.66. The molecule has 2 nitrogen and oxygen atoms in total. The zero-order chi connectivity index (χ0) is 10.1. The molecule has 2 rings (SSSR count). The molecule has 1 atom stereocenters. The van der Waals surface area contributed by atoms with Gasteiger partial charge in [-0.1, -0.05) is 31.2 Å². The second kappa shape index (κ2) is 3.45. The van der Waals surface area contributed by atoms with Gasteiger partial charge in [-0.2, -0.15) is 0 Å². The maximum absolute atomic E-state index is 11.8. The molecule has 0 N–H and O–H groups in total. The SMILES string of the molecule is CC1C=CC2=C(C=C1)C(=O)N(C)CC2. The van der Waals surface area contributed by atoms with E-state index in [0.29, 0.717) is 5.92 Å². The lowest BCUT2D eigenvalue weighted by Gasteiger charge is -2.24. The first-order chi connectivity index (χ1) is 6.68. The lowest BCUT2D eigenvalue weighted by atomic mass is 10.00. The van der Waals surface area contributed by atoms with Crippen LogP contribution in [-0.2, 0) is 4.79 Å². The summed E-state index contributed by atoms with van der Waals surface area (Å²) < 4.78 is 0.